The minimum atomic E-state index is -0.753. The van der Waals surface area contributed by atoms with Gasteiger partial charge < -0.3 is 20.3 Å². The Bertz CT molecular complexity index is 728. The van der Waals surface area contributed by atoms with Crippen LogP contribution in [0.4, 0.5) is 4.79 Å². The molecule has 7 heteroatoms. The predicted molar refractivity (Wildman–Crippen MR) is 123 cm³/mol. The van der Waals surface area contributed by atoms with Gasteiger partial charge in [-0.2, -0.15) is 0 Å². The molecule has 0 aliphatic heterocycles. The van der Waals surface area contributed by atoms with E-state index in [2.05, 4.69) is 17.6 Å². The van der Waals surface area contributed by atoms with E-state index in [0.717, 1.165) is 36.8 Å². The van der Waals surface area contributed by atoms with Gasteiger partial charge in [-0.15, -0.1) is 0 Å². The normalized spacial score (nSPS) is 12.1. The quantitative estimate of drug-likeness (QED) is 0.514. The summed E-state index contributed by atoms with van der Waals surface area (Å²) in [6, 6.07) is 6.88. The maximum absolute atomic E-state index is 13.1. The van der Waals surface area contributed by atoms with Crippen LogP contribution >= 0.6 is 0 Å². The zero-order valence-electron chi connectivity index (χ0n) is 19.9. The van der Waals surface area contributed by atoms with Crippen LogP contribution in [0.2, 0.25) is 0 Å². The maximum Gasteiger partial charge on any atom is 0.408 e. The van der Waals surface area contributed by atoms with Crippen LogP contribution < -0.4 is 10.6 Å². The van der Waals surface area contributed by atoms with Gasteiger partial charge >= 0.3 is 6.09 Å². The van der Waals surface area contributed by atoms with E-state index in [0.29, 0.717) is 13.1 Å². The fraction of sp³-hybridized carbons (Fsp3) is 0.625. The average molecular weight is 434 g/mol. The monoisotopic (exact) mass is 433 g/mol. The highest BCUT2D eigenvalue weighted by Gasteiger charge is 2.31. The van der Waals surface area contributed by atoms with Gasteiger partial charge in [0, 0.05) is 13.1 Å². The minimum Gasteiger partial charge on any atom is -0.444 e. The number of benzene rings is 1. The number of nitrogens with one attached hydrogen (secondary N) is 2. The number of nitrogens with zero attached hydrogens (tertiary/aromatic N) is 1. The van der Waals surface area contributed by atoms with Crippen LogP contribution in [0.15, 0.2) is 24.3 Å². The molecule has 1 atom stereocenters. The molecule has 0 saturated carbocycles. The smallest absolute Gasteiger partial charge is 0.408 e. The molecule has 2 N–H and O–H groups in total. The second-order valence-corrected chi connectivity index (χ2v) is 8.76. The largest absolute Gasteiger partial charge is 0.444 e. The third-order valence-corrected chi connectivity index (χ3v) is 4.60. The molecule has 1 unspecified atom stereocenters. The Morgan fingerprint density at radius 1 is 1.06 bits per heavy atom. The Kier molecular flexibility index (Phi) is 11.1. The Hall–Kier alpha value is -2.57. The van der Waals surface area contributed by atoms with Crippen LogP contribution in [0, 0.1) is 6.92 Å². The number of hydrogen-bond donors (Lipinski definition) is 2. The number of ether oxygens (including phenoxy) is 1. The van der Waals surface area contributed by atoms with Crippen LogP contribution in [-0.4, -0.2) is 48.0 Å². The van der Waals surface area contributed by atoms with E-state index in [1.165, 1.54) is 0 Å². The molecule has 3 amide bonds. The van der Waals surface area contributed by atoms with E-state index in [1.807, 2.05) is 38.1 Å². The first-order chi connectivity index (χ1) is 14.6. The summed E-state index contributed by atoms with van der Waals surface area (Å²) in [4.78, 5) is 39.9. The number of rotatable bonds is 11. The summed E-state index contributed by atoms with van der Waals surface area (Å²) in [7, 11) is 0. The highest BCUT2D eigenvalue weighted by Crippen LogP contribution is 2.23. The van der Waals surface area contributed by atoms with Gasteiger partial charge in [0.2, 0.25) is 11.8 Å². The molecule has 31 heavy (non-hydrogen) atoms. The van der Waals surface area contributed by atoms with Gasteiger partial charge in [0.25, 0.3) is 0 Å². The van der Waals surface area contributed by atoms with Crippen molar-refractivity contribution in [3.8, 4) is 0 Å². The summed E-state index contributed by atoms with van der Waals surface area (Å²) in [5.41, 5.74) is 1.12. The number of alkyl carbamates (subject to hydrolysis) is 1. The van der Waals surface area contributed by atoms with Crippen LogP contribution in [-0.2, 0) is 14.3 Å². The Morgan fingerprint density at radius 3 is 2.32 bits per heavy atom. The number of aryl methyl sites for hydroxylation is 1. The standard InChI is InChI=1S/C24H39N3O4/c1-7-9-14-25-22(29)21(19-13-11-12-18(3)16-19)27(15-10-8-2)20(28)17-26-23(30)31-24(4,5)6/h11-13,16,21H,7-10,14-15,17H2,1-6H3,(H,25,29)(H,26,30). The van der Waals surface area contributed by atoms with Gasteiger partial charge in [0.1, 0.15) is 18.2 Å². The molecule has 0 aliphatic carbocycles. The lowest BCUT2D eigenvalue weighted by Crippen LogP contribution is -2.48. The molecular weight excluding hydrogens is 394 g/mol. The Balaban J connectivity index is 3.10. The molecule has 0 fully saturated rings. The minimum absolute atomic E-state index is 0.208. The first-order valence-electron chi connectivity index (χ1n) is 11.2. The summed E-state index contributed by atoms with van der Waals surface area (Å²) in [6.45, 7) is 12.1. The van der Waals surface area contributed by atoms with Gasteiger partial charge in [-0.25, -0.2) is 4.79 Å². The van der Waals surface area contributed by atoms with Crippen molar-refractivity contribution in [2.45, 2.75) is 78.9 Å². The molecule has 0 spiro atoms. The molecule has 7 nitrogen and oxygen atoms in total. The molecule has 174 valence electrons. The molecule has 0 bridgehead atoms. The van der Waals surface area contributed by atoms with Gasteiger partial charge in [0.05, 0.1) is 0 Å². The topological polar surface area (TPSA) is 87.7 Å². The first kappa shape index (κ1) is 26.5. The second-order valence-electron chi connectivity index (χ2n) is 8.76. The van der Waals surface area contributed by atoms with Crippen LogP contribution in [0.5, 0.6) is 0 Å². The number of hydrogen-bond acceptors (Lipinski definition) is 4. The van der Waals surface area contributed by atoms with Gasteiger partial charge in [-0.3, -0.25) is 9.59 Å². The Morgan fingerprint density at radius 2 is 1.74 bits per heavy atom. The van der Waals surface area contributed by atoms with Crippen LogP contribution in [0.25, 0.3) is 0 Å². The van der Waals surface area contributed by atoms with Crippen molar-refractivity contribution in [1.82, 2.24) is 15.5 Å². The van der Waals surface area contributed by atoms with Crippen LogP contribution in [0.1, 0.15) is 77.5 Å². The van der Waals surface area contributed by atoms with Crippen molar-refractivity contribution in [3.63, 3.8) is 0 Å². The highest BCUT2D eigenvalue weighted by atomic mass is 16.6. The molecule has 0 radical (unpaired) electrons. The molecule has 0 saturated heterocycles. The van der Waals surface area contributed by atoms with Crippen molar-refractivity contribution in [2.75, 3.05) is 19.6 Å². The number of carbonyl (C=O) groups excluding carboxylic acids is 3. The fourth-order valence-electron chi connectivity index (χ4n) is 3.09. The number of unbranched alkanes of at least 4 members (excludes halogenated alkanes) is 2. The molecule has 1 aromatic carbocycles. The van der Waals surface area contributed by atoms with Crippen molar-refractivity contribution in [2.24, 2.45) is 0 Å². The Labute approximate surface area is 186 Å². The first-order valence-corrected chi connectivity index (χ1v) is 11.2. The summed E-state index contributed by atoms with van der Waals surface area (Å²) < 4.78 is 5.22. The maximum atomic E-state index is 13.1. The molecule has 0 heterocycles. The van der Waals surface area contributed by atoms with E-state index in [1.54, 1.807) is 25.7 Å². The van der Waals surface area contributed by atoms with Crippen molar-refractivity contribution in [3.05, 3.63) is 35.4 Å². The number of carbonyl (C=O) groups is 3. The molecule has 0 aliphatic rings. The third kappa shape index (κ3) is 9.85. The lowest BCUT2D eigenvalue weighted by atomic mass is 10.0. The molecule has 0 aromatic heterocycles. The van der Waals surface area contributed by atoms with Crippen molar-refractivity contribution in [1.29, 1.82) is 0 Å². The third-order valence-electron chi connectivity index (χ3n) is 4.60. The lowest BCUT2D eigenvalue weighted by Gasteiger charge is -2.32. The van der Waals surface area contributed by atoms with Gasteiger partial charge in [-0.05, 0) is 46.1 Å². The van der Waals surface area contributed by atoms with Gasteiger partial charge in [0.15, 0.2) is 0 Å². The SMILES string of the molecule is CCCCNC(=O)C(c1cccc(C)c1)N(CCCC)C(=O)CNC(=O)OC(C)(C)C. The zero-order chi connectivity index (χ0) is 23.4. The van der Waals surface area contributed by atoms with E-state index in [4.69, 9.17) is 4.74 Å². The van der Waals surface area contributed by atoms with E-state index in [-0.39, 0.29) is 18.4 Å². The van der Waals surface area contributed by atoms with Gasteiger partial charge in [-0.1, -0.05) is 56.5 Å². The van der Waals surface area contributed by atoms with E-state index >= 15 is 0 Å². The second kappa shape index (κ2) is 13.0. The lowest BCUT2D eigenvalue weighted by molar-refractivity contribution is -0.140. The van der Waals surface area contributed by atoms with Crippen molar-refractivity contribution >= 4 is 17.9 Å². The molecule has 1 rings (SSSR count). The van der Waals surface area contributed by atoms with Crippen molar-refractivity contribution < 1.29 is 19.1 Å². The summed E-state index contributed by atoms with van der Waals surface area (Å²) in [5.74, 6) is -0.530. The number of amides is 3. The van der Waals surface area contributed by atoms with Crippen LogP contribution in [0.3, 0.4) is 0 Å². The molecular formula is C24H39N3O4. The summed E-state index contributed by atoms with van der Waals surface area (Å²) >= 11 is 0. The fourth-order valence-corrected chi connectivity index (χ4v) is 3.09. The average Bonchev–Trinajstić information content (AvgIpc) is 2.68. The zero-order valence-corrected chi connectivity index (χ0v) is 19.9. The summed E-state index contributed by atoms with van der Waals surface area (Å²) in [5, 5.41) is 5.49. The predicted octanol–water partition coefficient (Wildman–Crippen LogP) is 4.11. The highest BCUT2D eigenvalue weighted by molar-refractivity contribution is 5.90. The van der Waals surface area contributed by atoms with E-state index < -0.39 is 17.7 Å². The summed E-state index contributed by atoms with van der Waals surface area (Å²) in [6.07, 6.45) is 2.81. The molecule has 1 aromatic rings. The van der Waals surface area contributed by atoms with E-state index in [9.17, 15) is 14.4 Å².